The second-order valence-corrected chi connectivity index (χ2v) is 3.04. The van der Waals surface area contributed by atoms with Gasteiger partial charge in [0.1, 0.15) is 22.4 Å². The summed E-state index contributed by atoms with van der Waals surface area (Å²) in [4.78, 5) is 18.9. The van der Waals surface area contributed by atoms with E-state index < -0.39 is 0 Å². The van der Waals surface area contributed by atoms with Crippen LogP contribution in [-0.2, 0) is 4.79 Å². The SMILES string of the molecule is COc1c(O)cc2c(c1=C=O)=NC(C)=N2. The highest BCUT2D eigenvalue weighted by Crippen LogP contribution is 2.24. The lowest BCUT2D eigenvalue weighted by Gasteiger charge is -2.02. The molecule has 1 aliphatic rings. The first-order chi connectivity index (χ1) is 7.17. The summed E-state index contributed by atoms with van der Waals surface area (Å²) in [7, 11) is 1.37. The zero-order valence-corrected chi connectivity index (χ0v) is 8.24. The lowest BCUT2D eigenvalue weighted by Crippen LogP contribution is -2.27. The number of nitrogens with zero attached hydrogens (tertiary/aromatic N) is 2. The third-order valence-electron chi connectivity index (χ3n) is 2.07. The number of amidine groups is 1. The minimum absolute atomic E-state index is 0.0809. The van der Waals surface area contributed by atoms with Crippen molar-refractivity contribution >= 4 is 17.5 Å². The predicted molar refractivity (Wildman–Crippen MR) is 53.0 cm³/mol. The topological polar surface area (TPSA) is 71.2 Å². The molecule has 0 atom stereocenters. The minimum atomic E-state index is -0.136. The number of fused-ring (bicyclic) bond motifs is 1. The summed E-state index contributed by atoms with van der Waals surface area (Å²) in [5, 5.41) is 10.1. The Morgan fingerprint density at radius 3 is 2.80 bits per heavy atom. The summed E-state index contributed by atoms with van der Waals surface area (Å²) in [6.07, 6.45) is 0. The third kappa shape index (κ3) is 1.30. The zero-order chi connectivity index (χ0) is 11.0. The fourth-order valence-corrected chi connectivity index (χ4v) is 1.49. The Morgan fingerprint density at radius 1 is 1.47 bits per heavy atom. The van der Waals surface area contributed by atoms with Gasteiger partial charge in [-0.1, -0.05) is 0 Å². The van der Waals surface area contributed by atoms with E-state index in [1.54, 1.807) is 12.9 Å². The van der Waals surface area contributed by atoms with Crippen LogP contribution in [0, 0.1) is 0 Å². The van der Waals surface area contributed by atoms with Gasteiger partial charge in [0.05, 0.1) is 12.8 Å². The summed E-state index contributed by atoms with van der Waals surface area (Å²) in [5.41, 5.74) is 0.462. The van der Waals surface area contributed by atoms with Gasteiger partial charge in [0, 0.05) is 6.07 Å². The fourth-order valence-electron chi connectivity index (χ4n) is 1.49. The molecule has 0 unspecified atom stereocenters. The Hall–Kier alpha value is -2.13. The van der Waals surface area contributed by atoms with Crippen molar-refractivity contribution in [3.63, 3.8) is 0 Å². The Balaban J connectivity index is 2.97. The molecule has 15 heavy (non-hydrogen) atoms. The second-order valence-electron chi connectivity index (χ2n) is 3.04. The first-order valence-corrected chi connectivity index (χ1v) is 4.26. The summed E-state index contributed by atoms with van der Waals surface area (Å²) in [6.45, 7) is 1.71. The van der Waals surface area contributed by atoms with Gasteiger partial charge in [-0.2, -0.15) is 0 Å². The number of benzene rings is 1. The first kappa shape index (κ1) is 9.43. The highest BCUT2D eigenvalue weighted by atomic mass is 16.5. The van der Waals surface area contributed by atoms with Crippen LogP contribution in [0.1, 0.15) is 6.92 Å². The molecule has 5 heteroatoms. The van der Waals surface area contributed by atoms with Gasteiger partial charge in [-0.3, -0.25) is 0 Å². The van der Waals surface area contributed by atoms with Crippen molar-refractivity contribution in [2.75, 3.05) is 7.11 Å². The lowest BCUT2D eigenvalue weighted by atomic mass is 10.2. The third-order valence-corrected chi connectivity index (χ3v) is 2.07. The molecule has 1 heterocycles. The van der Waals surface area contributed by atoms with E-state index in [9.17, 15) is 9.90 Å². The fraction of sp³-hybridized carbons (Fsp3) is 0.200. The van der Waals surface area contributed by atoms with Crippen molar-refractivity contribution in [3.05, 3.63) is 16.6 Å². The molecular formula is C10H8N2O3. The van der Waals surface area contributed by atoms with Gasteiger partial charge in [0.15, 0.2) is 11.5 Å². The van der Waals surface area contributed by atoms with Gasteiger partial charge >= 0.3 is 0 Å². The van der Waals surface area contributed by atoms with Crippen molar-refractivity contribution in [1.82, 2.24) is 0 Å². The van der Waals surface area contributed by atoms with Crippen molar-refractivity contribution in [1.29, 1.82) is 0 Å². The molecule has 76 valence electrons. The average Bonchev–Trinajstić information content (AvgIpc) is 2.55. The van der Waals surface area contributed by atoms with Gasteiger partial charge in [0.2, 0.25) is 0 Å². The number of carbonyl (C=O) groups excluding carboxylic acids is 1. The highest BCUT2D eigenvalue weighted by Gasteiger charge is 2.14. The van der Waals surface area contributed by atoms with E-state index in [-0.39, 0.29) is 16.7 Å². The van der Waals surface area contributed by atoms with E-state index in [1.807, 2.05) is 0 Å². The van der Waals surface area contributed by atoms with Crippen LogP contribution in [0.5, 0.6) is 11.5 Å². The van der Waals surface area contributed by atoms with Crippen LogP contribution in [0.3, 0.4) is 0 Å². The van der Waals surface area contributed by atoms with Crippen molar-refractivity contribution in [2.24, 2.45) is 9.98 Å². The zero-order valence-electron chi connectivity index (χ0n) is 8.24. The van der Waals surface area contributed by atoms with Crippen molar-refractivity contribution in [2.45, 2.75) is 6.92 Å². The molecule has 1 N–H and O–H groups in total. The molecule has 0 amide bonds. The summed E-state index contributed by atoms with van der Waals surface area (Å²) in [5.74, 6) is 2.19. The van der Waals surface area contributed by atoms with Gasteiger partial charge in [-0.15, -0.1) is 0 Å². The first-order valence-electron chi connectivity index (χ1n) is 4.26. The van der Waals surface area contributed by atoms with E-state index in [0.717, 1.165) is 0 Å². The van der Waals surface area contributed by atoms with Crippen LogP contribution < -0.4 is 15.3 Å². The molecule has 1 aromatic carbocycles. The van der Waals surface area contributed by atoms with Crippen LogP contribution in [-0.4, -0.2) is 24.0 Å². The van der Waals surface area contributed by atoms with Gasteiger partial charge < -0.3 is 9.84 Å². The number of ether oxygens (including phenoxy) is 1. The smallest absolute Gasteiger partial charge is 0.181 e. The number of aromatic hydroxyl groups is 1. The Morgan fingerprint density at radius 2 is 2.20 bits per heavy atom. The summed E-state index contributed by atoms with van der Waals surface area (Å²) in [6, 6.07) is 1.41. The number of methoxy groups -OCH3 is 1. The largest absolute Gasteiger partial charge is 0.504 e. The van der Waals surface area contributed by atoms with E-state index in [4.69, 9.17) is 4.74 Å². The number of phenols is 1. The second kappa shape index (κ2) is 3.22. The van der Waals surface area contributed by atoms with Crippen LogP contribution in [0.2, 0.25) is 0 Å². The predicted octanol–water partition coefficient (Wildman–Crippen LogP) is -0.413. The number of aliphatic imine (C=N–C) groups is 1. The molecule has 2 rings (SSSR count). The molecule has 0 aromatic heterocycles. The normalized spacial score (nSPS) is 12.5. The average molecular weight is 204 g/mol. The van der Waals surface area contributed by atoms with Crippen LogP contribution in [0.25, 0.3) is 0 Å². The lowest BCUT2D eigenvalue weighted by molar-refractivity contribution is 0.370. The maximum absolute atomic E-state index is 10.8. The molecule has 0 fully saturated rings. The van der Waals surface area contributed by atoms with Crippen LogP contribution in [0.15, 0.2) is 16.1 Å². The molecule has 1 aliphatic heterocycles. The summed E-state index contributed by atoms with van der Waals surface area (Å²) < 4.78 is 4.90. The van der Waals surface area contributed by atoms with Crippen LogP contribution >= 0.6 is 0 Å². The molecular weight excluding hydrogens is 196 g/mol. The molecule has 1 aromatic rings. The van der Waals surface area contributed by atoms with Crippen molar-refractivity contribution in [3.8, 4) is 11.5 Å². The van der Waals surface area contributed by atoms with E-state index >= 15 is 0 Å². The maximum Gasteiger partial charge on any atom is 0.181 e. The molecule has 0 bridgehead atoms. The van der Waals surface area contributed by atoms with Crippen LogP contribution in [0.4, 0.5) is 5.69 Å². The molecule has 0 radical (unpaired) electrons. The van der Waals surface area contributed by atoms with Gasteiger partial charge in [0.25, 0.3) is 0 Å². The number of hydrogen-bond acceptors (Lipinski definition) is 5. The monoisotopic (exact) mass is 204 g/mol. The summed E-state index contributed by atoms with van der Waals surface area (Å²) >= 11 is 0. The highest BCUT2D eigenvalue weighted by molar-refractivity contribution is 5.87. The molecule has 0 spiro atoms. The van der Waals surface area contributed by atoms with Gasteiger partial charge in [-0.05, 0) is 6.92 Å². The Bertz CT molecular complexity index is 598. The molecule has 0 saturated carbocycles. The molecule has 5 nitrogen and oxygen atoms in total. The number of hydrogen-bond donors (Lipinski definition) is 1. The van der Waals surface area contributed by atoms with Crippen molar-refractivity contribution < 1.29 is 14.6 Å². The van der Waals surface area contributed by atoms with E-state index in [2.05, 4.69) is 9.98 Å². The maximum atomic E-state index is 10.8. The number of rotatable bonds is 1. The molecule has 0 aliphatic carbocycles. The standard InChI is InChI=1S/C10H8N2O3/c1-5-11-7-3-8(14)10(15-2)6(4-13)9(7)12-5/h3,14H,1-2H3. The Labute approximate surface area is 85.1 Å². The van der Waals surface area contributed by atoms with E-state index in [1.165, 1.54) is 13.2 Å². The van der Waals surface area contributed by atoms with Gasteiger partial charge in [-0.25, -0.2) is 14.8 Å². The minimum Gasteiger partial charge on any atom is -0.504 e. The van der Waals surface area contributed by atoms with E-state index in [0.29, 0.717) is 16.9 Å². The quantitative estimate of drug-likeness (QED) is 0.675. The Kier molecular flexibility index (Phi) is 2.02. The molecule has 0 saturated heterocycles. The number of phenolic OH excluding ortho intramolecular Hbond substituents is 1.